The molecule has 2 atom stereocenters. The van der Waals surface area contributed by atoms with Gasteiger partial charge in [-0.05, 0) is 24.0 Å². The topological polar surface area (TPSA) is 29.5 Å². The van der Waals surface area contributed by atoms with Crippen LogP contribution in [0.4, 0.5) is 5.69 Å². The Balaban J connectivity index is 2.35. The van der Waals surface area contributed by atoms with Gasteiger partial charge in [-0.15, -0.1) is 0 Å². The van der Waals surface area contributed by atoms with Crippen LogP contribution in [0.1, 0.15) is 57.6 Å². The Kier molecular flexibility index (Phi) is 4.81. The van der Waals surface area contributed by atoms with E-state index in [-0.39, 0.29) is 18.1 Å². The minimum atomic E-state index is -0.151. The van der Waals surface area contributed by atoms with Crippen LogP contribution >= 0.6 is 0 Å². The van der Waals surface area contributed by atoms with Gasteiger partial charge >= 0.3 is 0 Å². The highest BCUT2D eigenvalue weighted by Crippen LogP contribution is 2.43. The van der Waals surface area contributed by atoms with Crippen LogP contribution in [0.2, 0.25) is 0 Å². The normalized spacial score (nSPS) is 21.1. The first kappa shape index (κ1) is 15.0. The molecular weight excluding hydrogens is 250 g/mol. The van der Waals surface area contributed by atoms with Crippen molar-refractivity contribution in [3.05, 3.63) is 29.3 Å². The molecular formula is C17H25NO2. The second-order valence-electron chi connectivity index (χ2n) is 5.50. The van der Waals surface area contributed by atoms with Crippen molar-refractivity contribution in [2.75, 3.05) is 11.5 Å². The van der Waals surface area contributed by atoms with E-state index in [1.54, 1.807) is 6.92 Å². The summed E-state index contributed by atoms with van der Waals surface area (Å²) in [5.74, 6) is 0.301. The summed E-state index contributed by atoms with van der Waals surface area (Å²) < 4.78 is 6.02. The molecule has 2 unspecified atom stereocenters. The largest absolute Gasteiger partial charge is 0.357 e. The molecule has 3 nitrogen and oxygen atoms in total. The number of aryl methyl sites for hydroxylation is 1. The summed E-state index contributed by atoms with van der Waals surface area (Å²) >= 11 is 0. The van der Waals surface area contributed by atoms with E-state index in [1.807, 2.05) is 4.90 Å². The minimum absolute atomic E-state index is 0.0676. The molecule has 0 radical (unpaired) electrons. The third kappa shape index (κ3) is 2.59. The number of hydrogen-bond donors (Lipinski definition) is 0. The Hall–Kier alpha value is -1.35. The second kappa shape index (κ2) is 6.40. The molecule has 1 aliphatic heterocycles. The number of nitrogens with zero attached hydrogens (tertiary/aromatic N) is 1. The van der Waals surface area contributed by atoms with Crippen molar-refractivity contribution in [3.63, 3.8) is 0 Å². The molecule has 110 valence electrons. The summed E-state index contributed by atoms with van der Waals surface area (Å²) in [7, 11) is 0. The average molecular weight is 275 g/mol. The van der Waals surface area contributed by atoms with Gasteiger partial charge in [0, 0.05) is 19.4 Å². The lowest BCUT2D eigenvalue weighted by Gasteiger charge is -2.27. The highest BCUT2D eigenvalue weighted by Gasteiger charge is 2.39. The molecule has 0 aliphatic carbocycles. The molecule has 1 aliphatic rings. The number of fused-ring (bicyclic) bond motifs is 1. The Morgan fingerprint density at radius 3 is 2.70 bits per heavy atom. The number of anilines is 1. The Labute approximate surface area is 121 Å². The molecule has 1 aromatic carbocycles. The van der Waals surface area contributed by atoms with E-state index in [2.05, 4.69) is 39.0 Å². The summed E-state index contributed by atoms with van der Waals surface area (Å²) in [6, 6.07) is 6.31. The third-order valence-electron chi connectivity index (χ3n) is 4.07. The highest BCUT2D eigenvalue weighted by molar-refractivity contribution is 5.95. The van der Waals surface area contributed by atoms with Crippen molar-refractivity contribution in [2.45, 2.75) is 59.1 Å². The zero-order valence-electron chi connectivity index (χ0n) is 13.0. The maximum Gasteiger partial charge on any atom is 0.226 e. The number of amides is 1. The smallest absolute Gasteiger partial charge is 0.226 e. The van der Waals surface area contributed by atoms with E-state index in [0.717, 1.165) is 24.9 Å². The molecule has 0 fully saturated rings. The van der Waals surface area contributed by atoms with E-state index < -0.39 is 0 Å². The minimum Gasteiger partial charge on any atom is -0.357 e. The molecule has 0 spiro atoms. The maximum atomic E-state index is 12.1. The lowest BCUT2D eigenvalue weighted by Crippen LogP contribution is -2.39. The Morgan fingerprint density at radius 1 is 1.35 bits per heavy atom. The predicted octanol–water partition coefficient (Wildman–Crippen LogP) is 3.86. The van der Waals surface area contributed by atoms with E-state index in [9.17, 15) is 4.79 Å². The summed E-state index contributed by atoms with van der Waals surface area (Å²) in [4.78, 5) is 14.0. The van der Waals surface area contributed by atoms with E-state index >= 15 is 0 Å². The van der Waals surface area contributed by atoms with Crippen molar-refractivity contribution in [1.82, 2.24) is 0 Å². The average Bonchev–Trinajstić information content (AvgIpc) is 2.72. The van der Waals surface area contributed by atoms with Gasteiger partial charge in [0.25, 0.3) is 0 Å². The van der Waals surface area contributed by atoms with Crippen molar-refractivity contribution < 1.29 is 9.53 Å². The second-order valence-corrected chi connectivity index (χ2v) is 5.50. The number of rotatable bonds is 5. The van der Waals surface area contributed by atoms with Gasteiger partial charge in [-0.2, -0.15) is 0 Å². The van der Waals surface area contributed by atoms with E-state index in [4.69, 9.17) is 4.74 Å². The summed E-state index contributed by atoms with van der Waals surface area (Å²) in [5.41, 5.74) is 3.55. The van der Waals surface area contributed by atoms with Crippen molar-refractivity contribution >= 4 is 11.6 Å². The molecule has 2 rings (SSSR count). The molecule has 0 saturated heterocycles. The van der Waals surface area contributed by atoms with E-state index in [1.165, 1.54) is 11.1 Å². The number of benzene rings is 1. The van der Waals surface area contributed by atoms with Gasteiger partial charge in [0.05, 0.1) is 5.69 Å². The van der Waals surface area contributed by atoms with Crippen LogP contribution in [-0.2, 0) is 16.0 Å². The van der Waals surface area contributed by atoms with Gasteiger partial charge in [-0.1, -0.05) is 45.4 Å². The van der Waals surface area contributed by atoms with Gasteiger partial charge in [0.15, 0.2) is 0 Å². The van der Waals surface area contributed by atoms with Crippen LogP contribution in [0, 0.1) is 0 Å². The summed E-state index contributed by atoms with van der Waals surface area (Å²) in [6.07, 6.45) is 2.92. The number of para-hydroxylation sites is 1. The van der Waals surface area contributed by atoms with Gasteiger partial charge < -0.3 is 4.74 Å². The summed E-state index contributed by atoms with van der Waals surface area (Å²) in [6.45, 7) is 8.77. The first-order valence-corrected chi connectivity index (χ1v) is 7.65. The van der Waals surface area contributed by atoms with Crippen LogP contribution in [-0.4, -0.2) is 18.7 Å². The van der Waals surface area contributed by atoms with E-state index in [0.29, 0.717) is 6.61 Å². The monoisotopic (exact) mass is 275 g/mol. The maximum absolute atomic E-state index is 12.1. The molecule has 1 aromatic rings. The number of carbonyl (C=O) groups excluding carboxylic acids is 1. The number of unbranched alkanes of at least 4 members (excludes halogenated alkanes) is 1. The molecule has 0 bridgehead atoms. The molecule has 20 heavy (non-hydrogen) atoms. The van der Waals surface area contributed by atoms with Gasteiger partial charge in [-0.3, -0.25) is 9.69 Å². The van der Waals surface area contributed by atoms with Crippen LogP contribution in [0.15, 0.2) is 18.2 Å². The lowest BCUT2D eigenvalue weighted by atomic mass is 9.99. The summed E-state index contributed by atoms with van der Waals surface area (Å²) in [5, 5.41) is 0. The predicted molar refractivity (Wildman–Crippen MR) is 82.0 cm³/mol. The quantitative estimate of drug-likeness (QED) is 0.764. The fourth-order valence-corrected chi connectivity index (χ4v) is 2.97. The number of carbonyl (C=O) groups is 1. The van der Waals surface area contributed by atoms with Crippen LogP contribution < -0.4 is 4.90 Å². The van der Waals surface area contributed by atoms with Crippen LogP contribution in [0.25, 0.3) is 0 Å². The zero-order valence-corrected chi connectivity index (χ0v) is 13.0. The lowest BCUT2D eigenvalue weighted by molar-refractivity contribution is -0.119. The van der Waals surface area contributed by atoms with Crippen molar-refractivity contribution in [1.29, 1.82) is 0 Å². The van der Waals surface area contributed by atoms with Crippen molar-refractivity contribution in [3.8, 4) is 0 Å². The molecule has 0 aromatic heterocycles. The Morgan fingerprint density at radius 2 is 2.10 bits per heavy atom. The van der Waals surface area contributed by atoms with Crippen LogP contribution in [0.5, 0.6) is 0 Å². The molecule has 0 saturated carbocycles. The number of ether oxygens (including phenoxy) is 1. The van der Waals surface area contributed by atoms with Gasteiger partial charge in [-0.25, -0.2) is 0 Å². The SMILES string of the molecule is CCCCOC1C(C)c2cccc(CC)c2N1C(C)=O. The van der Waals surface area contributed by atoms with Gasteiger partial charge in [0.1, 0.15) is 6.23 Å². The molecule has 0 N–H and O–H groups in total. The number of hydrogen-bond acceptors (Lipinski definition) is 2. The molecule has 1 amide bonds. The first-order chi connectivity index (χ1) is 9.61. The fraction of sp³-hybridized carbons (Fsp3) is 0.588. The first-order valence-electron chi connectivity index (χ1n) is 7.65. The van der Waals surface area contributed by atoms with Crippen molar-refractivity contribution in [2.24, 2.45) is 0 Å². The fourth-order valence-electron chi connectivity index (χ4n) is 2.97. The Bertz CT molecular complexity index is 484. The standard InChI is InChI=1S/C17H25NO2/c1-5-7-11-20-17-12(3)15-10-8-9-14(6-2)16(15)18(17)13(4)19/h8-10,12,17H,5-7,11H2,1-4H3. The molecule has 3 heteroatoms. The third-order valence-corrected chi connectivity index (χ3v) is 4.07. The zero-order chi connectivity index (χ0) is 14.7. The highest BCUT2D eigenvalue weighted by atomic mass is 16.5. The molecule has 1 heterocycles. The van der Waals surface area contributed by atoms with Gasteiger partial charge in [0.2, 0.25) is 5.91 Å². The van der Waals surface area contributed by atoms with Crippen LogP contribution in [0.3, 0.4) is 0 Å².